The van der Waals surface area contributed by atoms with Gasteiger partial charge in [0, 0.05) is 31.0 Å². The summed E-state index contributed by atoms with van der Waals surface area (Å²) >= 11 is 0. The first-order valence-corrected chi connectivity index (χ1v) is 12.3. The summed E-state index contributed by atoms with van der Waals surface area (Å²) in [4.78, 5) is 13.4. The van der Waals surface area contributed by atoms with Crippen LogP contribution in [0, 0.1) is 0 Å². The number of aryl methyl sites for hydroxylation is 2. The summed E-state index contributed by atoms with van der Waals surface area (Å²) in [6, 6.07) is 15.1. The number of carbonyl (C=O) groups excluding carboxylic acids is 1. The fourth-order valence-corrected chi connectivity index (χ4v) is 6.05. The van der Waals surface area contributed by atoms with E-state index in [1.54, 1.807) is 24.3 Å². The molecule has 0 fully saturated rings. The molecule has 0 bridgehead atoms. The van der Waals surface area contributed by atoms with Crippen molar-refractivity contribution >= 4 is 26.8 Å². The van der Waals surface area contributed by atoms with E-state index in [0.717, 1.165) is 30.2 Å². The zero-order valence-electron chi connectivity index (χ0n) is 18.3. The number of nitrogens with zero attached hydrogens (tertiary/aromatic N) is 2. The lowest BCUT2D eigenvalue weighted by atomic mass is 9.87. The third-order valence-corrected chi connectivity index (χ3v) is 8.31. The van der Waals surface area contributed by atoms with Crippen molar-refractivity contribution in [1.29, 1.82) is 0 Å². The first-order valence-electron chi connectivity index (χ1n) is 10.8. The molecule has 1 aromatic heterocycles. The maximum Gasteiger partial charge on any atom is 0.268 e. The van der Waals surface area contributed by atoms with Crippen LogP contribution in [-0.4, -0.2) is 36.3 Å². The van der Waals surface area contributed by atoms with E-state index in [1.165, 1.54) is 15.4 Å². The summed E-state index contributed by atoms with van der Waals surface area (Å²) in [5.74, 6) is -0.145. The van der Waals surface area contributed by atoms with Crippen molar-refractivity contribution in [2.75, 3.05) is 13.1 Å². The van der Waals surface area contributed by atoms with Gasteiger partial charge in [0.1, 0.15) is 5.69 Å². The van der Waals surface area contributed by atoms with Gasteiger partial charge in [-0.2, -0.15) is 4.31 Å². The van der Waals surface area contributed by atoms with Gasteiger partial charge in [-0.15, -0.1) is 0 Å². The molecule has 1 N–H and O–H groups in total. The number of hydrogen-bond acceptors (Lipinski definition) is 3. The number of sulfonamides is 1. The summed E-state index contributed by atoms with van der Waals surface area (Å²) in [6.07, 6.45) is 3.00. The van der Waals surface area contributed by atoms with Crippen molar-refractivity contribution in [2.45, 2.75) is 44.0 Å². The summed E-state index contributed by atoms with van der Waals surface area (Å²) in [7, 11) is -1.71. The number of aromatic nitrogens is 1. The molecule has 31 heavy (non-hydrogen) atoms. The van der Waals surface area contributed by atoms with Crippen LogP contribution in [0.1, 0.15) is 54.3 Å². The molecule has 0 saturated carbocycles. The number of carbonyl (C=O) groups is 1. The van der Waals surface area contributed by atoms with Gasteiger partial charge >= 0.3 is 0 Å². The van der Waals surface area contributed by atoms with Crippen LogP contribution in [0.2, 0.25) is 0 Å². The largest absolute Gasteiger partial charge is 0.344 e. The van der Waals surface area contributed by atoms with E-state index < -0.39 is 10.0 Å². The average molecular weight is 440 g/mol. The summed E-state index contributed by atoms with van der Waals surface area (Å²) in [5, 5.41) is 3.93. The third kappa shape index (κ3) is 3.88. The Morgan fingerprint density at radius 1 is 1.13 bits per heavy atom. The van der Waals surface area contributed by atoms with Crippen LogP contribution in [-0.2, 0) is 23.5 Å². The van der Waals surface area contributed by atoms with Crippen LogP contribution in [0.5, 0.6) is 0 Å². The minimum absolute atomic E-state index is 0.00549. The number of hydrogen-bond donors (Lipinski definition) is 1. The lowest BCUT2D eigenvalue weighted by molar-refractivity contribution is 0.0925. The Morgan fingerprint density at radius 2 is 1.87 bits per heavy atom. The number of nitrogens with one attached hydrogen (secondary N) is 1. The Bertz CT molecular complexity index is 1230. The molecule has 1 unspecified atom stereocenters. The van der Waals surface area contributed by atoms with E-state index in [-0.39, 0.29) is 16.8 Å². The maximum atomic E-state index is 13.1. The van der Waals surface area contributed by atoms with Gasteiger partial charge in [0.2, 0.25) is 10.0 Å². The van der Waals surface area contributed by atoms with Crippen molar-refractivity contribution in [3.05, 3.63) is 65.4 Å². The highest BCUT2D eigenvalue weighted by Crippen LogP contribution is 2.30. The molecular formula is C24H29N3O3S. The normalized spacial score (nSPS) is 16.5. The Balaban J connectivity index is 1.65. The molecular weight excluding hydrogens is 410 g/mol. The minimum atomic E-state index is -3.55. The fourth-order valence-electron chi connectivity index (χ4n) is 4.55. The fraction of sp³-hybridized carbons (Fsp3) is 0.375. The zero-order chi connectivity index (χ0) is 22.2. The van der Waals surface area contributed by atoms with E-state index >= 15 is 0 Å². The van der Waals surface area contributed by atoms with Gasteiger partial charge < -0.3 is 9.88 Å². The molecule has 2 aromatic carbocycles. The smallest absolute Gasteiger partial charge is 0.268 e. The molecule has 4 rings (SSSR count). The van der Waals surface area contributed by atoms with E-state index in [0.29, 0.717) is 18.8 Å². The van der Waals surface area contributed by atoms with Gasteiger partial charge in [0.15, 0.2) is 0 Å². The van der Waals surface area contributed by atoms with Gasteiger partial charge in [-0.25, -0.2) is 8.42 Å². The Labute approximate surface area is 183 Å². The lowest BCUT2D eigenvalue weighted by Gasteiger charge is -2.26. The second-order valence-electron chi connectivity index (χ2n) is 8.02. The topological polar surface area (TPSA) is 71.4 Å². The minimum Gasteiger partial charge on any atom is -0.344 e. The van der Waals surface area contributed by atoms with Crippen LogP contribution in [0.15, 0.2) is 53.4 Å². The van der Waals surface area contributed by atoms with Crippen LogP contribution >= 0.6 is 0 Å². The second kappa shape index (κ2) is 8.48. The molecule has 1 aliphatic carbocycles. The van der Waals surface area contributed by atoms with Crippen LogP contribution in [0.25, 0.3) is 10.9 Å². The molecule has 0 saturated heterocycles. The van der Waals surface area contributed by atoms with Gasteiger partial charge in [0.05, 0.1) is 10.9 Å². The molecule has 164 valence electrons. The molecule has 6 nitrogen and oxygen atoms in total. The monoisotopic (exact) mass is 439 g/mol. The van der Waals surface area contributed by atoms with E-state index in [1.807, 2.05) is 37.6 Å². The van der Waals surface area contributed by atoms with Gasteiger partial charge in [-0.1, -0.05) is 38.1 Å². The quantitative estimate of drug-likeness (QED) is 0.631. The van der Waals surface area contributed by atoms with E-state index in [2.05, 4.69) is 17.4 Å². The Morgan fingerprint density at radius 3 is 2.61 bits per heavy atom. The standard InChI is InChI=1S/C24H29N3O3S/c1-4-27(5-2)31(29,30)19-13-14-22-18(15-19)16-23(26(22)3)24(28)25-21-12-8-10-17-9-6-7-11-20(17)21/h6-7,9,11,13-16,21H,4-5,8,10,12H2,1-3H3,(H,25,28). The maximum absolute atomic E-state index is 13.1. The van der Waals surface area contributed by atoms with Gasteiger partial charge in [0.25, 0.3) is 5.91 Å². The molecule has 3 aromatic rings. The third-order valence-electron chi connectivity index (χ3n) is 6.26. The van der Waals surface area contributed by atoms with Crippen molar-refractivity contribution in [1.82, 2.24) is 14.2 Å². The highest BCUT2D eigenvalue weighted by atomic mass is 32.2. The number of benzene rings is 2. The SMILES string of the molecule is CCN(CC)S(=O)(=O)c1ccc2c(c1)cc(C(=O)NC1CCCc3ccccc31)n2C. The highest BCUT2D eigenvalue weighted by Gasteiger charge is 2.25. The predicted molar refractivity (Wildman–Crippen MR) is 123 cm³/mol. The van der Waals surface area contributed by atoms with Crippen molar-refractivity contribution in [3.63, 3.8) is 0 Å². The van der Waals surface area contributed by atoms with E-state index in [9.17, 15) is 13.2 Å². The second-order valence-corrected chi connectivity index (χ2v) is 9.95. The molecule has 1 amide bonds. The van der Waals surface area contributed by atoms with Gasteiger partial charge in [-0.3, -0.25) is 4.79 Å². The Kier molecular flexibility index (Phi) is 5.90. The number of rotatable bonds is 6. The molecule has 0 spiro atoms. The van der Waals surface area contributed by atoms with Crippen LogP contribution in [0.3, 0.4) is 0 Å². The number of amides is 1. The van der Waals surface area contributed by atoms with Crippen molar-refractivity contribution in [2.24, 2.45) is 7.05 Å². The molecule has 0 aliphatic heterocycles. The molecule has 1 atom stereocenters. The zero-order valence-corrected chi connectivity index (χ0v) is 19.1. The van der Waals surface area contributed by atoms with Crippen LogP contribution < -0.4 is 5.32 Å². The van der Waals surface area contributed by atoms with Crippen molar-refractivity contribution < 1.29 is 13.2 Å². The molecule has 1 heterocycles. The molecule has 0 radical (unpaired) electrons. The lowest BCUT2D eigenvalue weighted by Crippen LogP contribution is -2.32. The van der Waals surface area contributed by atoms with Crippen molar-refractivity contribution in [3.8, 4) is 0 Å². The average Bonchev–Trinajstić information content (AvgIpc) is 3.11. The number of fused-ring (bicyclic) bond motifs is 2. The summed E-state index contributed by atoms with van der Waals surface area (Å²) in [6.45, 7) is 4.49. The predicted octanol–water partition coefficient (Wildman–Crippen LogP) is 4.02. The van der Waals surface area contributed by atoms with E-state index in [4.69, 9.17) is 0 Å². The first-order chi connectivity index (χ1) is 14.9. The molecule has 1 aliphatic rings. The highest BCUT2D eigenvalue weighted by molar-refractivity contribution is 7.89. The molecule has 7 heteroatoms. The van der Waals surface area contributed by atoms with Crippen LogP contribution in [0.4, 0.5) is 0 Å². The van der Waals surface area contributed by atoms with Gasteiger partial charge in [-0.05, 0) is 54.7 Å². The first kappa shape index (κ1) is 21.6. The summed E-state index contributed by atoms with van der Waals surface area (Å²) < 4.78 is 29.0. The summed E-state index contributed by atoms with van der Waals surface area (Å²) in [5.41, 5.74) is 3.83. The Hall–Kier alpha value is -2.64.